The van der Waals surface area contributed by atoms with Gasteiger partial charge in [0.2, 0.25) is 0 Å². The molecule has 2 aromatic rings. The van der Waals surface area contributed by atoms with Gasteiger partial charge in [-0.25, -0.2) is 4.79 Å². The van der Waals surface area contributed by atoms with Gasteiger partial charge in [0.25, 0.3) is 0 Å². The minimum absolute atomic E-state index is 0. The van der Waals surface area contributed by atoms with Crippen LogP contribution in [0.3, 0.4) is 0 Å². The average molecular weight is 474 g/mol. The van der Waals surface area contributed by atoms with Crippen LogP contribution in [0, 0.1) is 17.3 Å². The van der Waals surface area contributed by atoms with Gasteiger partial charge in [0.05, 0.1) is 5.92 Å². The largest absolute Gasteiger partial charge is 0.481 e. The second kappa shape index (κ2) is 8.16. The third-order valence-corrected chi connectivity index (χ3v) is 7.57. The van der Waals surface area contributed by atoms with E-state index in [1.807, 2.05) is 12.1 Å². The van der Waals surface area contributed by atoms with Crippen molar-refractivity contribution in [2.24, 2.45) is 17.3 Å². The predicted octanol–water partition coefficient (Wildman–Crippen LogP) is 4.83. The second-order valence-electron chi connectivity index (χ2n) is 7.79. The summed E-state index contributed by atoms with van der Waals surface area (Å²) >= 11 is 1.70. The van der Waals surface area contributed by atoms with Gasteiger partial charge in [0, 0.05) is 47.3 Å². The number of hydrogen-bond donors (Lipinski definition) is 2. The summed E-state index contributed by atoms with van der Waals surface area (Å²) in [6.07, 6.45) is 4.10. The molecule has 0 aliphatic heterocycles. The molecule has 0 amide bonds. The number of hydrogen-bond acceptors (Lipinski definition) is 3. The van der Waals surface area contributed by atoms with Crippen molar-refractivity contribution in [1.82, 2.24) is 0 Å². The molecule has 4 rings (SSSR count). The number of allylic oxidation sites excluding steroid dienone is 1. The smallest absolute Gasteiger partial charge is 0.330 e. The molecule has 0 heterocycles. The van der Waals surface area contributed by atoms with Gasteiger partial charge in [0.1, 0.15) is 0 Å². The summed E-state index contributed by atoms with van der Waals surface area (Å²) in [5.41, 5.74) is -0.345. The Balaban J connectivity index is 0.00000225. The summed E-state index contributed by atoms with van der Waals surface area (Å²) in [5, 5.41) is 21.6. The molecule has 0 radical (unpaired) electrons. The molecule has 0 aromatic heterocycles. The second-order valence-corrected chi connectivity index (χ2v) is 9.07. The molecule has 2 aromatic carbocycles. The Kier molecular flexibility index (Phi) is 6.21. The first-order chi connectivity index (χ1) is 12.9. The first-order valence-electron chi connectivity index (χ1n) is 9.20. The molecule has 2 N–H and O–H groups in total. The summed E-state index contributed by atoms with van der Waals surface area (Å²) in [6, 6.07) is 14.5. The van der Waals surface area contributed by atoms with Crippen molar-refractivity contribution in [1.29, 1.82) is 0 Å². The molecule has 2 aliphatic rings. The maximum Gasteiger partial charge on any atom is 0.330 e. The van der Waals surface area contributed by atoms with E-state index in [1.165, 1.54) is 5.39 Å². The molecule has 6 heteroatoms. The van der Waals surface area contributed by atoms with Crippen molar-refractivity contribution in [3.8, 4) is 0 Å². The van der Waals surface area contributed by atoms with Gasteiger partial charge in [0.15, 0.2) is 0 Å². The maximum atomic E-state index is 11.9. The first kappa shape index (κ1) is 21.3. The van der Waals surface area contributed by atoms with Crippen LogP contribution in [0.25, 0.3) is 10.8 Å². The SMILES string of the molecule is CC(=CC12CC(CC1Sc1ccc3ccccc3c1)CC2C(=O)O)C(=O)O.[Zr]. The van der Waals surface area contributed by atoms with E-state index in [0.717, 1.165) is 23.1 Å². The number of aliphatic carboxylic acids is 2. The van der Waals surface area contributed by atoms with Crippen LogP contribution in [-0.2, 0) is 35.8 Å². The Bertz CT molecular complexity index is 956. The minimum Gasteiger partial charge on any atom is -0.481 e. The Morgan fingerprint density at radius 1 is 1.11 bits per heavy atom. The molecule has 2 aliphatic carbocycles. The topological polar surface area (TPSA) is 74.6 Å². The van der Waals surface area contributed by atoms with E-state index in [-0.39, 0.29) is 37.0 Å². The van der Waals surface area contributed by atoms with Crippen molar-refractivity contribution in [2.45, 2.75) is 36.3 Å². The third-order valence-electron chi connectivity index (χ3n) is 6.13. The zero-order chi connectivity index (χ0) is 19.2. The maximum absolute atomic E-state index is 11.9. The molecule has 4 unspecified atom stereocenters. The molecule has 144 valence electrons. The van der Waals surface area contributed by atoms with Crippen molar-refractivity contribution >= 4 is 34.5 Å². The molecule has 4 nitrogen and oxygen atoms in total. The number of carbonyl (C=O) groups is 2. The number of fused-ring (bicyclic) bond motifs is 3. The number of carboxylic acids is 2. The summed E-state index contributed by atoms with van der Waals surface area (Å²) in [6.45, 7) is 1.57. The van der Waals surface area contributed by atoms with E-state index in [2.05, 4.69) is 30.3 Å². The Hall–Kier alpha value is -1.39. The van der Waals surface area contributed by atoms with Gasteiger partial charge in [-0.15, -0.1) is 11.8 Å². The molecule has 28 heavy (non-hydrogen) atoms. The number of thioether (sulfide) groups is 1. The number of benzene rings is 2. The summed E-state index contributed by atoms with van der Waals surface area (Å²) < 4.78 is 0. The van der Waals surface area contributed by atoms with Gasteiger partial charge in [-0.1, -0.05) is 36.4 Å². The fraction of sp³-hybridized carbons (Fsp3) is 0.364. The zero-order valence-electron chi connectivity index (χ0n) is 15.6. The standard InChI is InChI=1S/C22H22O4S.Zr/c1-13(20(23)24)11-22-12-14(8-18(22)21(25)26)9-19(22)27-17-7-6-15-4-2-3-5-16(15)10-17;/h2-7,10-11,14,18-19H,8-9,12H2,1H3,(H,23,24)(H,25,26);. The van der Waals surface area contributed by atoms with Gasteiger partial charge in [-0.05, 0) is 55.0 Å². The van der Waals surface area contributed by atoms with Crippen LogP contribution in [0.2, 0.25) is 0 Å². The Morgan fingerprint density at radius 2 is 1.82 bits per heavy atom. The van der Waals surface area contributed by atoms with Gasteiger partial charge in [-0.3, -0.25) is 4.79 Å². The van der Waals surface area contributed by atoms with Crippen molar-refractivity contribution in [2.75, 3.05) is 0 Å². The number of rotatable bonds is 5. The molecule has 0 spiro atoms. The fourth-order valence-corrected chi connectivity index (χ4v) is 6.53. The van der Waals surface area contributed by atoms with Gasteiger partial charge < -0.3 is 10.2 Å². The Morgan fingerprint density at radius 3 is 2.50 bits per heavy atom. The van der Waals surface area contributed by atoms with E-state index >= 15 is 0 Å². The fourth-order valence-electron chi connectivity index (χ4n) is 4.95. The van der Waals surface area contributed by atoms with Crippen LogP contribution < -0.4 is 0 Å². The quantitative estimate of drug-likeness (QED) is 0.609. The van der Waals surface area contributed by atoms with Crippen LogP contribution in [0.1, 0.15) is 26.2 Å². The van der Waals surface area contributed by atoms with Crippen LogP contribution in [0.15, 0.2) is 59.0 Å². The van der Waals surface area contributed by atoms with E-state index in [0.29, 0.717) is 12.3 Å². The van der Waals surface area contributed by atoms with E-state index < -0.39 is 23.3 Å². The molecule has 4 atom stereocenters. The van der Waals surface area contributed by atoms with Crippen LogP contribution >= 0.6 is 11.8 Å². The number of carboxylic acid groups (broad SMARTS) is 2. The molecular weight excluding hydrogens is 452 g/mol. The molecule has 2 saturated carbocycles. The van der Waals surface area contributed by atoms with Crippen molar-refractivity contribution < 1.29 is 46.0 Å². The zero-order valence-corrected chi connectivity index (χ0v) is 18.9. The van der Waals surface area contributed by atoms with E-state index in [1.54, 1.807) is 24.8 Å². The van der Waals surface area contributed by atoms with Gasteiger partial charge >= 0.3 is 11.9 Å². The van der Waals surface area contributed by atoms with Crippen LogP contribution in [0.4, 0.5) is 0 Å². The average Bonchev–Trinajstić information content (AvgIpc) is 3.16. The first-order valence-corrected chi connectivity index (χ1v) is 10.1. The summed E-state index contributed by atoms with van der Waals surface area (Å²) in [7, 11) is 0. The van der Waals surface area contributed by atoms with E-state index in [9.17, 15) is 19.8 Å². The predicted molar refractivity (Wildman–Crippen MR) is 106 cm³/mol. The summed E-state index contributed by atoms with van der Waals surface area (Å²) in [5.74, 6) is -1.94. The minimum atomic E-state index is -0.974. The monoisotopic (exact) mass is 472 g/mol. The molecule has 0 saturated heterocycles. The van der Waals surface area contributed by atoms with Gasteiger partial charge in [-0.2, -0.15) is 0 Å². The van der Waals surface area contributed by atoms with Crippen molar-refractivity contribution in [3.63, 3.8) is 0 Å². The van der Waals surface area contributed by atoms with Crippen LogP contribution in [0.5, 0.6) is 0 Å². The molecule has 2 bridgehead atoms. The normalized spacial score (nSPS) is 28.9. The summed E-state index contributed by atoms with van der Waals surface area (Å²) in [4.78, 5) is 24.5. The third kappa shape index (κ3) is 3.74. The molecule has 2 fully saturated rings. The van der Waals surface area contributed by atoms with Crippen molar-refractivity contribution in [3.05, 3.63) is 54.1 Å². The molecular formula is C22H22O4SZr. The Labute approximate surface area is 187 Å². The van der Waals surface area contributed by atoms with E-state index in [4.69, 9.17) is 0 Å². The van der Waals surface area contributed by atoms with Crippen LogP contribution in [-0.4, -0.2) is 27.4 Å².